The number of phenols is 1. The largest absolute Gasteiger partial charge is 0.507 e. The molecule has 1 aliphatic rings. The van der Waals surface area contributed by atoms with Crippen LogP contribution in [0.3, 0.4) is 0 Å². The number of piperazine rings is 1. The first-order chi connectivity index (χ1) is 12.0. The molecule has 2 heterocycles. The maximum Gasteiger partial charge on any atom is 0.257 e. The van der Waals surface area contributed by atoms with Crippen molar-refractivity contribution < 1.29 is 14.7 Å². The highest BCUT2D eigenvalue weighted by Crippen LogP contribution is 2.20. The highest BCUT2D eigenvalue weighted by Gasteiger charge is 2.26. The van der Waals surface area contributed by atoms with E-state index in [0.717, 1.165) is 0 Å². The predicted octanol–water partition coefficient (Wildman–Crippen LogP) is 2.69. The van der Waals surface area contributed by atoms with Gasteiger partial charge in [-0.3, -0.25) is 9.59 Å². The molecule has 1 aromatic heterocycles. The normalized spacial score (nSPS) is 14.5. The third kappa shape index (κ3) is 3.86. The van der Waals surface area contributed by atoms with Crippen LogP contribution in [0.4, 0.5) is 0 Å². The number of carbonyl (C=O) groups excluding carboxylic acids is 2. The molecule has 0 aliphatic carbocycles. The fourth-order valence-electron chi connectivity index (χ4n) is 2.71. The van der Waals surface area contributed by atoms with E-state index in [1.54, 1.807) is 28.0 Å². The van der Waals surface area contributed by atoms with E-state index in [-0.39, 0.29) is 33.4 Å². The number of phenolic OH excluding ortho intramolecular Hbond substituents is 1. The molecule has 25 heavy (non-hydrogen) atoms. The van der Waals surface area contributed by atoms with Gasteiger partial charge in [0.25, 0.3) is 11.8 Å². The van der Waals surface area contributed by atoms with Crippen LogP contribution in [0.25, 0.3) is 0 Å². The summed E-state index contributed by atoms with van der Waals surface area (Å²) in [4.78, 5) is 32.1. The number of aromatic hydroxyl groups is 1. The molecule has 8 heteroatoms. The van der Waals surface area contributed by atoms with Crippen molar-refractivity contribution >= 4 is 35.0 Å². The van der Waals surface area contributed by atoms with Crippen molar-refractivity contribution in [2.45, 2.75) is 0 Å². The summed E-state index contributed by atoms with van der Waals surface area (Å²) in [5.41, 5.74) is 0.625. The number of para-hydroxylation sites is 1. The summed E-state index contributed by atoms with van der Waals surface area (Å²) in [6.07, 6.45) is 0. The molecule has 1 N–H and O–H groups in total. The minimum atomic E-state index is -0.250. The number of carbonyl (C=O) groups is 2. The van der Waals surface area contributed by atoms with Gasteiger partial charge in [0, 0.05) is 31.7 Å². The van der Waals surface area contributed by atoms with Crippen LogP contribution >= 0.6 is 23.2 Å². The Morgan fingerprint density at radius 2 is 1.44 bits per heavy atom. The van der Waals surface area contributed by atoms with E-state index in [1.807, 2.05) is 0 Å². The van der Waals surface area contributed by atoms with Crippen LogP contribution in [0.15, 0.2) is 36.4 Å². The average molecular weight is 380 g/mol. The highest BCUT2D eigenvalue weighted by molar-refractivity contribution is 6.33. The summed E-state index contributed by atoms with van der Waals surface area (Å²) in [7, 11) is 0. The van der Waals surface area contributed by atoms with Gasteiger partial charge in [0.1, 0.15) is 16.1 Å². The average Bonchev–Trinajstić information content (AvgIpc) is 2.60. The van der Waals surface area contributed by atoms with Gasteiger partial charge in [0.15, 0.2) is 0 Å². The molecule has 0 radical (unpaired) electrons. The van der Waals surface area contributed by atoms with Crippen molar-refractivity contribution in [3.63, 3.8) is 0 Å². The van der Waals surface area contributed by atoms with Gasteiger partial charge in [-0.15, -0.1) is 0 Å². The standard InChI is InChI=1S/C17H15Cl2N3O3/c18-14-9-11(10-15(19)20-14)16(24)21-5-7-22(8-6-21)17(25)12-3-1-2-4-13(12)23/h1-4,9-10,23H,5-8H2. The van der Waals surface area contributed by atoms with Crippen LogP contribution in [0, 0.1) is 0 Å². The van der Waals surface area contributed by atoms with Gasteiger partial charge in [-0.05, 0) is 24.3 Å². The number of halogens is 2. The minimum absolute atomic E-state index is 0.0490. The number of hydrogen-bond donors (Lipinski definition) is 1. The minimum Gasteiger partial charge on any atom is -0.507 e. The van der Waals surface area contributed by atoms with Gasteiger partial charge in [-0.25, -0.2) is 4.98 Å². The van der Waals surface area contributed by atoms with E-state index in [9.17, 15) is 14.7 Å². The van der Waals surface area contributed by atoms with E-state index in [2.05, 4.69) is 4.98 Å². The van der Waals surface area contributed by atoms with Crippen LogP contribution in [0.5, 0.6) is 5.75 Å². The van der Waals surface area contributed by atoms with E-state index < -0.39 is 0 Å². The second-order valence-electron chi connectivity index (χ2n) is 5.60. The van der Waals surface area contributed by atoms with Crippen LogP contribution in [-0.2, 0) is 0 Å². The summed E-state index contributed by atoms with van der Waals surface area (Å²) in [5.74, 6) is -0.506. The molecule has 1 aromatic carbocycles. The molecule has 2 amide bonds. The Labute approximate surface area is 154 Å². The molecular formula is C17H15Cl2N3O3. The van der Waals surface area contributed by atoms with Gasteiger partial charge < -0.3 is 14.9 Å². The van der Waals surface area contributed by atoms with Gasteiger partial charge in [0.2, 0.25) is 0 Å². The molecule has 1 fully saturated rings. The third-order valence-electron chi connectivity index (χ3n) is 4.00. The maximum absolute atomic E-state index is 12.5. The van der Waals surface area contributed by atoms with Crippen molar-refractivity contribution in [3.05, 3.63) is 57.8 Å². The lowest BCUT2D eigenvalue weighted by atomic mass is 10.1. The Bertz CT molecular complexity index is 800. The first kappa shape index (κ1) is 17.5. The fraction of sp³-hybridized carbons (Fsp3) is 0.235. The summed E-state index contributed by atoms with van der Waals surface area (Å²) >= 11 is 11.7. The zero-order valence-electron chi connectivity index (χ0n) is 13.2. The van der Waals surface area contributed by atoms with E-state index in [4.69, 9.17) is 23.2 Å². The Morgan fingerprint density at radius 3 is 2.00 bits per heavy atom. The van der Waals surface area contributed by atoms with Gasteiger partial charge in [-0.1, -0.05) is 35.3 Å². The second-order valence-corrected chi connectivity index (χ2v) is 6.38. The molecule has 0 bridgehead atoms. The number of aromatic nitrogens is 1. The molecule has 2 aromatic rings. The lowest BCUT2D eigenvalue weighted by Gasteiger charge is -2.35. The van der Waals surface area contributed by atoms with Crippen molar-refractivity contribution in [2.75, 3.05) is 26.2 Å². The van der Waals surface area contributed by atoms with Crippen LogP contribution in [0.1, 0.15) is 20.7 Å². The molecule has 6 nitrogen and oxygen atoms in total. The maximum atomic E-state index is 12.5. The predicted molar refractivity (Wildman–Crippen MR) is 94.2 cm³/mol. The molecule has 1 saturated heterocycles. The third-order valence-corrected chi connectivity index (χ3v) is 4.39. The zero-order valence-corrected chi connectivity index (χ0v) is 14.7. The van der Waals surface area contributed by atoms with Crippen molar-refractivity contribution in [1.29, 1.82) is 0 Å². The fourth-order valence-corrected chi connectivity index (χ4v) is 3.17. The molecular weight excluding hydrogens is 365 g/mol. The lowest BCUT2D eigenvalue weighted by molar-refractivity contribution is 0.0533. The first-order valence-corrected chi connectivity index (χ1v) is 8.41. The van der Waals surface area contributed by atoms with Crippen LogP contribution in [0.2, 0.25) is 10.3 Å². The lowest BCUT2D eigenvalue weighted by Crippen LogP contribution is -2.50. The van der Waals surface area contributed by atoms with Crippen molar-refractivity contribution in [1.82, 2.24) is 14.8 Å². The van der Waals surface area contributed by atoms with Crippen molar-refractivity contribution in [2.24, 2.45) is 0 Å². The van der Waals surface area contributed by atoms with Gasteiger partial charge in [0.05, 0.1) is 5.56 Å². The number of rotatable bonds is 2. The van der Waals surface area contributed by atoms with Crippen LogP contribution in [-0.4, -0.2) is 57.9 Å². The second kappa shape index (κ2) is 7.29. The molecule has 0 saturated carbocycles. The quantitative estimate of drug-likeness (QED) is 0.814. The number of hydrogen-bond acceptors (Lipinski definition) is 4. The van der Waals surface area contributed by atoms with Crippen LogP contribution < -0.4 is 0 Å². The molecule has 0 atom stereocenters. The molecule has 3 rings (SSSR count). The van der Waals surface area contributed by atoms with E-state index >= 15 is 0 Å². The van der Waals surface area contributed by atoms with E-state index in [0.29, 0.717) is 31.7 Å². The zero-order chi connectivity index (χ0) is 18.0. The topological polar surface area (TPSA) is 73.7 Å². The number of nitrogens with zero attached hydrogens (tertiary/aromatic N) is 3. The molecule has 1 aliphatic heterocycles. The Kier molecular flexibility index (Phi) is 5.11. The molecule has 130 valence electrons. The summed E-state index contributed by atoms with van der Waals surface area (Å²) in [6.45, 7) is 1.53. The monoisotopic (exact) mass is 379 g/mol. The number of benzene rings is 1. The summed E-state index contributed by atoms with van der Waals surface area (Å²) in [5, 5.41) is 10.1. The summed E-state index contributed by atoms with van der Waals surface area (Å²) in [6, 6.07) is 9.35. The highest BCUT2D eigenvalue weighted by atomic mass is 35.5. The Hall–Kier alpha value is -2.31. The van der Waals surface area contributed by atoms with Gasteiger partial charge in [-0.2, -0.15) is 0 Å². The Morgan fingerprint density at radius 1 is 0.920 bits per heavy atom. The summed E-state index contributed by atoms with van der Waals surface area (Å²) < 4.78 is 0. The molecule has 0 unspecified atom stereocenters. The number of pyridine rings is 1. The number of amides is 2. The molecule has 0 spiro atoms. The Balaban J connectivity index is 1.66. The first-order valence-electron chi connectivity index (χ1n) is 7.65. The van der Waals surface area contributed by atoms with E-state index in [1.165, 1.54) is 18.2 Å². The van der Waals surface area contributed by atoms with Crippen molar-refractivity contribution in [3.8, 4) is 5.75 Å². The van der Waals surface area contributed by atoms with Gasteiger partial charge >= 0.3 is 0 Å². The SMILES string of the molecule is O=C(c1cc(Cl)nc(Cl)c1)N1CCN(C(=O)c2ccccc2O)CC1. The smallest absolute Gasteiger partial charge is 0.257 e.